The molecule has 0 N–H and O–H groups in total. The van der Waals surface area contributed by atoms with Gasteiger partial charge >= 0.3 is 11.8 Å². The van der Waals surface area contributed by atoms with Crippen molar-refractivity contribution in [2.75, 3.05) is 13.4 Å². The number of ketones is 1. The van der Waals surface area contributed by atoms with Crippen molar-refractivity contribution in [2.24, 2.45) is 7.05 Å². The first kappa shape index (κ1) is 20.4. The molecular weight excluding hydrogens is 352 g/mol. The smallest absolute Gasteiger partial charge is 0.316 e. The minimum Gasteiger partial charge on any atom is -0.748 e. The molecule has 0 spiro atoms. The number of aromatic nitrogens is 4. The largest absolute Gasteiger partial charge is 0.748 e. The van der Waals surface area contributed by atoms with E-state index in [2.05, 4.69) is 15.0 Å². The van der Waals surface area contributed by atoms with Crippen molar-refractivity contribution in [1.82, 2.24) is 15.1 Å². The van der Waals surface area contributed by atoms with Crippen LogP contribution in [0.4, 0.5) is 0 Å². The van der Waals surface area contributed by atoms with Crippen LogP contribution in [0, 0.1) is 0 Å². The van der Waals surface area contributed by atoms with Crippen LogP contribution in [0.25, 0.3) is 0 Å². The number of ether oxygens (including phenoxy) is 1. The van der Waals surface area contributed by atoms with Gasteiger partial charge in [0.15, 0.2) is 12.3 Å². The third-order valence-corrected chi connectivity index (χ3v) is 2.71. The minimum atomic E-state index is -3.92. The quantitative estimate of drug-likeness (QED) is 0.279. The van der Waals surface area contributed by atoms with Gasteiger partial charge in [0.1, 0.15) is 13.5 Å². The van der Waals surface area contributed by atoms with Crippen LogP contribution in [-0.2, 0) is 39.7 Å². The summed E-state index contributed by atoms with van der Waals surface area (Å²) in [5, 5.41) is 8.12. The van der Waals surface area contributed by atoms with Gasteiger partial charge in [-0.25, -0.2) is 8.42 Å². The van der Waals surface area contributed by atoms with Gasteiger partial charge in [-0.05, 0) is 4.80 Å². The Morgan fingerprint density at radius 1 is 1.28 bits per heavy atom. The number of carbonyl (C=O) groups excluding carboxylic acids is 2. The van der Waals surface area contributed by atoms with Gasteiger partial charge in [-0.3, -0.25) is 9.59 Å². The van der Waals surface area contributed by atoms with E-state index in [1.165, 1.54) is 16.6 Å². The van der Waals surface area contributed by atoms with Crippen molar-refractivity contribution in [3.8, 4) is 0 Å². The van der Waals surface area contributed by atoms with Crippen LogP contribution in [0.15, 0.2) is 30.3 Å². The maximum atomic E-state index is 12.1. The zero-order chi connectivity index (χ0) is 19.0. The molecular formula is C14H18N4O6S. The monoisotopic (exact) mass is 370 g/mol. The van der Waals surface area contributed by atoms with E-state index < -0.39 is 16.1 Å². The van der Waals surface area contributed by atoms with Gasteiger partial charge in [-0.2, -0.15) is 0 Å². The minimum absolute atomic E-state index is 0.0214. The fourth-order valence-electron chi connectivity index (χ4n) is 1.75. The summed E-state index contributed by atoms with van der Waals surface area (Å²) in [6.07, 6.45) is 0.583. The second-order valence-corrected chi connectivity index (χ2v) is 6.31. The number of benzene rings is 1. The fourth-order valence-corrected chi connectivity index (χ4v) is 1.75. The van der Waals surface area contributed by atoms with E-state index in [-0.39, 0.29) is 18.7 Å². The first-order valence-electron chi connectivity index (χ1n) is 6.96. The van der Waals surface area contributed by atoms with Crippen LogP contribution < -0.4 is 4.68 Å². The van der Waals surface area contributed by atoms with E-state index in [9.17, 15) is 9.59 Å². The van der Waals surface area contributed by atoms with Crippen molar-refractivity contribution in [1.29, 1.82) is 0 Å². The summed E-state index contributed by atoms with van der Waals surface area (Å²) in [7, 11) is -0.984. The van der Waals surface area contributed by atoms with Crippen molar-refractivity contribution in [2.45, 2.75) is 13.0 Å². The molecule has 136 valence electrons. The van der Waals surface area contributed by atoms with Gasteiger partial charge in [0, 0.05) is 11.8 Å². The van der Waals surface area contributed by atoms with Crippen LogP contribution >= 0.6 is 0 Å². The predicted octanol–water partition coefficient (Wildman–Crippen LogP) is -1.14. The second-order valence-electron chi connectivity index (χ2n) is 4.90. The molecule has 0 radical (unpaired) electrons. The standard InChI is InChI=1S/C13H15N4O3.CH4O3S/c1-16-14-12(8-13(19)20-2)17(15-16)9-11(18)10-6-4-3-5-7-10;1-5(2,3)4/h3-7H,8-9H2,1-2H3;1H3,(H,2,3,4)/q+1;/p-1. The summed E-state index contributed by atoms with van der Waals surface area (Å²) in [5.41, 5.74) is 0.592. The Morgan fingerprint density at radius 3 is 2.36 bits per heavy atom. The highest BCUT2D eigenvalue weighted by Gasteiger charge is 2.23. The van der Waals surface area contributed by atoms with Gasteiger partial charge in [0.05, 0.1) is 27.5 Å². The van der Waals surface area contributed by atoms with Crippen LogP contribution in [0.2, 0.25) is 0 Å². The zero-order valence-corrected chi connectivity index (χ0v) is 14.8. The molecule has 11 heteroatoms. The van der Waals surface area contributed by atoms with Crippen molar-refractivity contribution < 1.29 is 32.0 Å². The SMILES string of the molecule is COC(=O)Cc1nn(C)n[n+]1CC(=O)c1ccccc1.CS(=O)(=O)[O-]. The topological polar surface area (TPSA) is 135 Å². The van der Waals surface area contributed by atoms with Gasteiger partial charge in [-0.15, -0.1) is 4.68 Å². The number of esters is 1. The van der Waals surface area contributed by atoms with E-state index in [1.54, 1.807) is 31.3 Å². The molecule has 25 heavy (non-hydrogen) atoms. The summed E-state index contributed by atoms with van der Waals surface area (Å²) in [4.78, 5) is 24.7. The maximum Gasteiger partial charge on any atom is 0.316 e. The molecule has 2 aromatic rings. The molecule has 1 aromatic heterocycles. The lowest BCUT2D eigenvalue weighted by Crippen LogP contribution is -2.44. The van der Waals surface area contributed by atoms with Crippen molar-refractivity contribution in [3.63, 3.8) is 0 Å². The van der Waals surface area contributed by atoms with Gasteiger partial charge in [0.25, 0.3) is 0 Å². The van der Waals surface area contributed by atoms with Crippen molar-refractivity contribution >= 4 is 21.9 Å². The molecule has 1 aromatic carbocycles. The zero-order valence-electron chi connectivity index (χ0n) is 13.9. The lowest BCUT2D eigenvalue weighted by atomic mass is 10.1. The summed E-state index contributed by atoms with van der Waals surface area (Å²) in [6.45, 7) is 0.0319. The van der Waals surface area contributed by atoms with Crippen LogP contribution in [0.1, 0.15) is 16.2 Å². The van der Waals surface area contributed by atoms with E-state index in [0.717, 1.165) is 0 Å². The number of aryl methyl sites for hydroxylation is 1. The fraction of sp³-hybridized carbons (Fsp3) is 0.357. The molecule has 10 nitrogen and oxygen atoms in total. The number of rotatable bonds is 5. The number of carbonyl (C=O) groups is 2. The number of nitrogens with zero attached hydrogens (tertiary/aromatic N) is 4. The molecule has 0 saturated carbocycles. The number of methoxy groups -OCH3 is 1. The highest BCUT2D eigenvalue weighted by atomic mass is 32.2. The van der Waals surface area contributed by atoms with Crippen LogP contribution in [0.3, 0.4) is 0 Å². The first-order chi connectivity index (χ1) is 11.6. The molecule has 0 bridgehead atoms. The number of Topliss-reactive ketones (excluding diaryl/α,β-unsaturated/α-hetero) is 1. The third kappa shape index (κ3) is 8.13. The van der Waals surface area contributed by atoms with E-state index >= 15 is 0 Å². The molecule has 1 heterocycles. The molecule has 0 unspecified atom stereocenters. The van der Waals surface area contributed by atoms with Crippen LogP contribution in [0.5, 0.6) is 0 Å². The summed E-state index contributed by atoms with van der Waals surface area (Å²) in [6, 6.07) is 8.90. The Bertz CT molecular complexity index is 824. The molecule has 0 amide bonds. The molecule has 0 fully saturated rings. The second kappa shape index (κ2) is 8.99. The Labute approximate surface area is 144 Å². The Kier molecular flexibility index (Phi) is 7.33. The summed E-state index contributed by atoms with van der Waals surface area (Å²) < 4.78 is 33.2. The third-order valence-electron chi connectivity index (χ3n) is 2.71. The van der Waals surface area contributed by atoms with E-state index in [4.69, 9.17) is 13.0 Å². The number of hydrogen-bond acceptors (Lipinski definition) is 8. The van der Waals surface area contributed by atoms with E-state index in [0.29, 0.717) is 17.6 Å². The highest BCUT2D eigenvalue weighted by Crippen LogP contribution is 2.00. The predicted molar refractivity (Wildman–Crippen MR) is 83.3 cm³/mol. The Hall–Kier alpha value is -2.66. The van der Waals surface area contributed by atoms with Gasteiger partial charge in [-0.1, -0.05) is 30.3 Å². The average Bonchev–Trinajstić information content (AvgIpc) is 2.85. The molecule has 0 aliphatic carbocycles. The maximum absolute atomic E-state index is 12.1. The Morgan fingerprint density at radius 2 is 1.84 bits per heavy atom. The first-order valence-corrected chi connectivity index (χ1v) is 8.78. The van der Waals surface area contributed by atoms with Crippen LogP contribution in [-0.4, -0.2) is 53.2 Å². The molecule has 2 rings (SSSR count). The van der Waals surface area contributed by atoms with Gasteiger partial charge < -0.3 is 9.29 Å². The lowest BCUT2D eigenvalue weighted by molar-refractivity contribution is -0.749. The lowest BCUT2D eigenvalue weighted by Gasteiger charge is -1.99. The molecule has 0 saturated heterocycles. The molecule has 0 aliphatic heterocycles. The summed E-state index contributed by atoms with van der Waals surface area (Å²) in [5.74, 6) is -0.128. The Balaban J connectivity index is 0.000000550. The molecule has 0 aliphatic rings. The normalized spacial score (nSPS) is 10.6. The number of hydrogen-bond donors (Lipinski definition) is 0. The molecule has 0 atom stereocenters. The van der Waals surface area contributed by atoms with Gasteiger partial charge in [0.2, 0.25) is 0 Å². The summed E-state index contributed by atoms with van der Waals surface area (Å²) >= 11 is 0. The van der Waals surface area contributed by atoms with Crippen molar-refractivity contribution in [3.05, 3.63) is 41.7 Å². The average molecular weight is 370 g/mol. The highest BCUT2D eigenvalue weighted by molar-refractivity contribution is 7.84. The van der Waals surface area contributed by atoms with E-state index in [1.807, 2.05) is 6.07 Å². The number of tetrazole rings is 1.